The van der Waals surface area contributed by atoms with Crippen molar-refractivity contribution in [1.82, 2.24) is 29.3 Å². The number of nitrogen functional groups attached to an aromatic ring is 1. The monoisotopic (exact) mass is 645 g/mol. The highest BCUT2D eigenvalue weighted by atomic mass is 19.1. The summed E-state index contributed by atoms with van der Waals surface area (Å²) >= 11 is 0. The first-order valence-corrected chi connectivity index (χ1v) is 15.4. The summed E-state index contributed by atoms with van der Waals surface area (Å²) in [6, 6.07) is 18.6. The first kappa shape index (κ1) is 30.7. The zero-order valence-corrected chi connectivity index (χ0v) is 26.0. The average Bonchev–Trinajstić information content (AvgIpc) is 3.85. The maximum Gasteiger partial charge on any atom is 0.323 e. The van der Waals surface area contributed by atoms with Gasteiger partial charge < -0.3 is 21.5 Å². The molecule has 6 aromatic rings. The normalized spacial score (nSPS) is 13.4. The van der Waals surface area contributed by atoms with Crippen LogP contribution >= 0.6 is 0 Å². The van der Waals surface area contributed by atoms with Gasteiger partial charge in [-0.25, -0.2) is 4.39 Å². The number of nitrogens with zero attached hydrogens (tertiary/aromatic N) is 6. The van der Waals surface area contributed by atoms with E-state index in [1.807, 2.05) is 36.4 Å². The Bertz CT molecular complexity index is 2210. The van der Waals surface area contributed by atoms with E-state index in [1.54, 1.807) is 54.6 Å². The molecule has 48 heavy (non-hydrogen) atoms. The third kappa shape index (κ3) is 6.35. The van der Waals surface area contributed by atoms with Gasteiger partial charge in [-0.3, -0.25) is 18.8 Å². The minimum absolute atomic E-state index is 0.0347. The summed E-state index contributed by atoms with van der Waals surface area (Å²) in [6.07, 6.45) is 7.21. The van der Waals surface area contributed by atoms with Crippen molar-refractivity contribution in [3.05, 3.63) is 118 Å². The zero-order chi connectivity index (χ0) is 33.4. The third-order valence-corrected chi connectivity index (χ3v) is 8.25. The van der Waals surface area contributed by atoms with Crippen molar-refractivity contribution in [3.63, 3.8) is 0 Å². The summed E-state index contributed by atoms with van der Waals surface area (Å²) in [7, 11) is 1.77. The molecule has 1 aliphatic rings. The lowest BCUT2D eigenvalue weighted by Gasteiger charge is -2.18. The van der Waals surface area contributed by atoms with Crippen molar-refractivity contribution in [2.24, 2.45) is 12.8 Å². The van der Waals surface area contributed by atoms with Crippen LogP contribution in [0.3, 0.4) is 0 Å². The van der Waals surface area contributed by atoms with E-state index in [1.165, 1.54) is 10.6 Å². The number of ether oxygens (including phenoxy) is 1. The number of hydrogen-bond acceptors (Lipinski definition) is 10. The number of nitrogens with two attached hydrogens (primary N) is 2. The van der Waals surface area contributed by atoms with Crippen LogP contribution in [0.4, 0.5) is 22.0 Å². The van der Waals surface area contributed by atoms with Crippen LogP contribution in [0.5, 0.6) is 0 Å². The number of fused-ring (bicyclic) bond motifs is 1. The molecule has 5 N–H and O–H groups in total. The van der Waals surface area contributed by atoms with E-state index < -0.39 is 23.4 Å². The highest BCUT2D eigenvalue weighted by Crippen LogP contribution is 2.41. The van der Waals surface area contributed by atoms with Crippen LogP contribution in [0, 0.1) is 5.82 Å². The molecule has 0 bridgehead atoms. The molecule has 242 valence electrons. The van der Waals surface area contributed by atoms with Crippen molar-refractivity contribution >= 4 is 34.3 Å². The van der Waals surface area contributed by atoms with E-state index in [9.17, 15) is 9.59 Å². The first-order chi connectivity index (χ1) is 23.2. The van der Waals surface area contributed by atoms with E-state index in [0.29, 0.717) is 33.8 Å². The largest absolute Gasteiger partial charge is 0.460 e. The summed E-state index contributed by atoms with van der Waals surface area (Å²) < 4.78 is 24.2. The minimum atomic E-state index is -0.940. The molecule has 1 aliphatic carbocycles. The molecule has 13 heteroatoms. The summed E-state index contributed by atoms with van der Waals surface area (Å²) in [5.74, 6) is -0.659. The number of nitrogens with one attached hydrogen (secondary N) is 1. The summed E-state index contributed by atoms with van der Waals surface area (Å²) in [4.78, 5) is 40.2. The molecule has 0 spiro atoms. The fraction of sp³-hybridized carbons (Fsp3) is 0.200. The minimum Gasteiger partial charge on any atom is -0.460 e. The molecule has 0 saturated heterocycles. The Kier molecular flexibility index (Phi) is 8.11. The Morgan fingerprint density at radius 1 is 1.08 bits per heavy atom. The number of halogens is 1. The van der Waals surface area contributed by atoms with Crippen LogP contribution in [0.1, 0.15) is 35.4 Å². The maximum absolute atomic E-state index is 15.5. The molecule has 7 rings (SSSR count). The molecule has 0 amide bonds. The number of aromatic nitrogens is 6. The highest BCUT2D eigenvalue weighted by molar-refractivity contribution is 5.84. The second-order valence-electron chi connectivity index (χ2n) is 11.8. The molecule has 1 atom stereocenters. The molecule has 0 aliphatic heterocycles. The van der Waals surface area contributed by atoms with Crippen LogP contribution in [0.2, 0.25) is 0 Å². The number of benzene rings is 3. The number of carbonyl (C=O) groups is 1. The van der Waals surface area contributed by atoms with Crippen LogP contribution in [0.15, 0.2) is 90.1 Å². The second-order valence-corrected chi connectivity index (χ2v) is 11.8. The molecule has 1 fully saturated rings. The molecule has 12 nitrogen and oxygen atoms in total. The quantitative estimate of drug-likeness (QED) is 0.180. The lowest BCUT2D eigenvalue weighted by Crippen LogP contribution is -2.34. The molecule has 3 aromatic carbocycles. The van der Waals surface area contributed by atoms with Gasteiger partial charge in [0, 0.05) is 30.6 Å². The number of hydrogen-bond donors (Lipinski definition) is 3. The standard InChI is InChI=1S/C35H32FN9O3/c1-44-18-24(17-39-44)40-35-42-31(41-34(38)43-35)25-8-5-9-29(26(25)19-48-33(47)28(37)14-20-6-3-2-4-7-20)45-13-12-22-15-23(21-10-11-21)16-27(36)30(22)32(45)46/h2-9,12-13,15-18,21,28H,10-11,14,19,37H2,1H3,(H3,38,40,41,42,43). The Morgan fingerprint density at radius 3 is 2.65 bits per heavy atom. The summed E-state index contributed by atoms with van der Waals surface area (Å²) in [5.41, 5.74) is 15.3. The van der Waals surface area contributed by atoms with Gasteiger partial charge >= 0.3 is 5.97 Å². The number of aryl methyl sites for hydroxylation is 1. The molecule has 3 aromatic heterocycles. The van der Waals surface area contributed by atoms with E-state index in [-0.39, 0.29) is 36.1 Å². The van der Waals surface area contributed by atoms with Gasteiger partial charge in [-0.2, -0.15) is 20.1 Å². The smallest absolute Gasteiger partial charge is 0.323 e. The van der Waals surface area contributed by atoms with Gasteiger partial charge in [0.25, 0.3) is 5.56 Å². The summed E-state index contributed by atoms with van der Waals surface area (Å²) in [6.45, 7) is -0.294. The van der Waals surface area contributed by atoms with Crippen LogP contribution < -0.4 is 22.3 Å². The number of carbonyl (C=O) groups excluding carboxylic acids is 1. The SMILES string of the molecule is Cn1cc(Nc2nc(N)nc(-c3cccc(-n4ccc5cc(C6CC6)cc(F)c5c4=O)c3COC(=O)C(N)Cc3ccccc3)n2)cn1. The number of esters is 1. The first-order valence-electron chi connectivity index (χ1n) is 15.4. The molecule has 1 saturated carbocycles. The Balaban J connectivity index is 1.30. The van der Waals surface area contributed by atoms with Crippen molar-refractivity contribution in [3.8, 4) is 17.1 Å². The number of rotatable bonds is 10. The van der Waals surface area contributed by atoms with Crippen molar-refractivity contribution < 1.29 is 13.9 Å². The Hall–Kier alpha value is -5.95. The summed E-state index contributed by atoms with van der Waals surface area (Å²) in [5, 5.41) is 7.68. The number of anilines is 3. The van der Waals surface area contributed by atoms with E-state index in [4.69, 9.17) is 16.2 Å². The molecular formula is C35H32FN9O3. The average molecular weight is 646 g/mol. The van der Waals surface area contributed by atoms with Gasteiger partial charge in [-0.1, -0.05) is 48.5 Å². The highest BCUT2D eigenvalue weighted by Gasteiger charge is 2.26. The topological polar surface area (TPSA) is 169 Å². The van der Waals surface area contributed by atoms with Gasteiger partial charge in [0.1, 0.15) is 18.5 Å². The molecule has 3 heterocycles. The predicted molar refractivity (Wildman–Crippen MR) is 179 cm³/mol. The lowest BCUT2D eigenvalue weighted by atomic mass is 10.0. The second kappa shape index (κ2) is 12.7. The van der Waals surface area contributed by atoms with Crippen molar-refractivity contribution in [2.75, 3.05) is 11.1 Å². The predicted octanol–water partition coefficient (Wildman–Crippen LogP) is 4.53. The van der Waals surface area contributed by atoms with Gasteiger partial charge in [0.2, 0.25) is 11.9 Å². The van der Waals surface area contributed by atoms with Crippen LogP contribution in [-0.2, 0) is 29.6 Å². The van der Waals surface area contributed by atoms with Gasteiger partial charge in [-0.05, 0) is 59.9 Å². The Morgan fingerprint density at radius 2 is 1.90 bits per heavy atom. The van der Waals surface area contributed by atoms with Gasteiger partial charge in [0.15, 0.2) is 5.82 Å². The van der Waals surface area contributed by atoms with E-state index in [0.717, 1.165) is 24.0 Å². The molecular weight excluding hydrogens is 613 g/mol. The van der Waals surface area contributed by atoms with E-state index >= 15 is 4.39 Å². The fourth-order valence-corrected chi connectivity index (χ4v) is 5.74. The van der Waals surface area contributed by atoms with Crippen molar-refractivity contribution in [2.45, 2.75) is 37.8 Å². The third-order valence-electron chi connectivity index (χ3n) is 8.25. The van der Waals surface area contributed by atoms with Crippen LogP contribution in [0.25, 0.3) is 27.8 Å². The fourth-order valence-electron chi connectivity index (χ4n) is 5.74. The van der Waals surface area contributed by atoms with Gasteiger partial charge in [0.05, 0.1) is 23.0 Å². The van der Waals surface area contributed by atoms with Gasteiger partial charge in [-0.15, -0.1) is 0 Å². The van der Waals surface area contributed by atoms with Crippen molar-refractivity contribution in [1.29, 1.82) is 0 Å². The zero-order valence-electron chi connectivity index (χ0n) is 26.0. The lowest BCUT2D eigenvalue weighted by molar-refractivity contribution is -0.146. The molecule has 1 unspecified atom stereocenters. The maximum atomic E-state index is 15.5. The molecule has 0 radical (unpaired) electrons. The van der Waals surface area contributed by atoms with E-state index in [2.05, 4.69) is 25.4 Å². The van der Waals surface area contributed by atoms with Crippen LogP contribution in [-0.4, -0.2) is 41.3 Å². The Labute approximate surface area is 274 Å². The number of pyridine rings is 1.